The fourth-order valence-electron chi connectivity index (χ4n) is 4.12. The van der Waals surface area contributed by atoms with E-state index in [0.717, 1.165) is 6.07 Å². The van der Waals surface area contributed by atoms with Gasteiger partial charge in [0.05, 0.1) is 17.2 Å². The molecule has 1 aromatic carbocycles. The quantitative estimate of drug-likeness (QED) is 0.520. The third-order valence-corrected chi connectivity index (χ3v) is 7.91. The number of hydrogen-bond acceptors (Lipinski definition) is 8. The Morgan fingerprint density at radius 3 is 2.54 bits per heavy atom. The summed E-state index contributed by atoms with van der Waals surface area (Å²) in [5, 5.41) is 9.15. The van der Waals surface area contributed by atoms with Crippen LogP contribution in [0.3, 0.4) is 0 Å². The molecule has 2 atom stereocenters. The molecule has 3 heterocycles. The molecule has 2 aromatic rings. The molecule has 0 saturated carbocycles. The monoisotopic (exact) mass is 512 g/mol. The van der Waals surface area contributed by atoms with Crippen molar-refractivity contribution in [3.05, 3.63) is 51.4 Å². The summed E-state index contributed by atoms with van der Waals surface area (Å²) < 4.78 is 74.7. The molecule has 4 rings (SSSR count). The molecule has 2 aliphatic heterocycles. The van der Waals surface area contributed by atoms with Gasteiger partial charge in [-0.3, -0.25) is 0 Å². The highest BCUT2D eigenvalue weighted by molar-refractivity contribution is 7.93. The van der Waals surface area contributed by atoms with Gasteiger partial charge in [-0.2, -0.15) is 4.31 Å². The summed E-state index contributed by atoms with van der Waals surface area (Å²) in [5.74, 6) is -0.0707. The molecule has 13 heteroatoms. The molecule has 0 aliphatic carbocycles. The third-order valence-electron chi connectivity index (χ3n) is 5.93. The average Bonchev–Trinajstić information content (AvgIpc) is 2.83. The summed E-state index contributed by atoms with van der Waals surface area (Å²) in [4.78, 5) is 8.73. The number of fused-ring (bicyclic) bond motifs is 1. The van der Waals surface area contributed by atoms with Gasteiger partial charge in [-0.15, -0.1) is 0 Å². The molecule has 0 amide bonds. The molecular formula is C22H27F3N6O3S. The van der Waals surface area contributed by atoms with Crippen LogP contribution in [0.1, 0.15) is 41.9 Å². The zero-order valence-electron chi connectivity index (χ0n) is 19.5. The maximum atomic E-state index is 14.7. The van der Waals surface area contributed by atoms with E-state index >= 15 is 0 Å². The Kier molecular flexibility index (Phi) is 7.31. The topological polar surface area (TPSA) is 108 Å². The molecule has 35 heavy (non-hydrogen) atoms. The van der Waals surface area contributed by atoms with E-state index in [-0.39, 0.29) is 16.3 Å². The largest absolute Gasteiger partial charge is 0.363 e. The molecule has 1 aromatic heterocycles. The van der Waals surface area contributed by atoms with Gasteiger partial charge in [-0.05, 0) is 19.9 Å². The van der Waals surface area contributed by atoms with Crippen molar-refractivity contribution in [2.75, 3.05) is 43.9 Å². The van der Waals surface area contributed by atoms with Crippen LogP contribution in [0.4, 0.5) is 24.8 Å². The second-order valence-electron chi connectivity index (χ2n) is 8.26. The minimum atomic E-state index is -3.88. The zero-order valence-corrected chi connectivity index (χ0v) is 20.3. The van der Waals surface area contributed by atoms with E-state index < -0.39 is 40.1 Å². The van der Waals surface area contributed by atoms with Gasteiger partial charge in [-0.1, -0.05) is 18.2 Å². The van der Waals surface area contributed by atoms with E-state index in [2.05, 4.69) is 25.9 Å². The lowest BCUT2D eigenvalue weighted by Gasteiger charge is -2.32. The van der Waals surface area contributed by atoms with Crippen LogP contribution in [-0.2, 0) is 14.8 Å². The Labute approximate surface area is 201 Å². The van der Waals surface area contributed by atoms with Crippen molar-refractivity contribution in [3.8, 4) is 0 Å². The van der Waals surface area contributed by atoms with Crippen molar-refractivity contribution in [1.29, 1.82) is 0 Å². The highest BCUT2D eigenvalue weighted by Gasteiger charge is 2.37. The Bertz CT molecular complexity index is 1240. The summed E-state index contributed by atoms with van der Waals surface area (Å²) in [7, 11) is -2.49. The normalized spacial score (nSPS) is 19.6. The van der Waals surface area contributed by atoms with Crippen LogP contribution in [0.2, 0.25) is 0 Å². The first-order valence-electron chi connectivity index (χ1n) is 11.1. The number of sulfonamides is 1. The van der Waals surface area contributed by atoms with Crippen LogP contribution in [0.5, 0.6) is 0 Å². The molecular weight excluding hydrogens is 485 g/mol. The van der Waals surface area contributed by atoms with Crippen molar-refractivity contribution >= 4 is 27.7 Å². The number of alkyl halides is 2. The lowest BCUT2D eigenvalue weighted by Crippen LogP contribution is -2.48. The maximum absolute atomic E-state index is 14.7. The summed E-state index contributed by atoms with van der Waals surface area (Å²) >= 11 is 0. The number of nitrogens with one attached hydrogen (secondary N) is 3. The highest BCUT2D eigenvalue weighted by Crippen LogP contribution is 2.36. The third kappa shape index (κ3) is 4.99. The number of piperazine rings is 1. The van der Waals surface area contributed by atoms with Crippen LogP contribution in [0, 0.1) is 12.7 Å². The van der Waals surface area contributed by atoms with Gasteiger partial charge in [0.15, 0.2) is 6.23 Å². The number of nitrogens with zero attached hydrogens (tertiary/aromatic N) is 3. The maximum Gasteiger partial charge on any atom is 0.266 e. The lowest BCUT2D eigenvalue weighted by molar-refractivity contribution is 0.146. The minimum absolute atomic E-state index is 0.0107. The van der Waals surface area contributed by atoms with Gasteiger partial charge in [0, 0.05) is 38.9 Å². The van der Waals surface area contributed by atoms with Gasteiger partial charge in [0.2, 0.25) is 10.0 Å². The SMILES string of the molecule is COC1Nc2nc(C)nc(N[C@H](C)c3cccc(C(F)F)c3F)c2C=C1S(=O)(=O)N1CCNCC1. The summed E-state index contributed by atoms with van der Waals surface area (Å²) in [6.07, 6.45) is -2.48. The van der Waals surface area contributed by atoms with Crippen LogP contribution < -0.4 is 16.0 Å². The standard InChI is InChI=1S/C22H27F3N6O3S/c1-12(14-5-4-6-15(18(14)23)19(24)25)27-20-16-11-17(35(32,33)31-9-7-26-8-10-31)22(34-3)30-21(16)29-13(2)28-20/h4-6,11-12,19,22,26H,7-10H2,1-3H3,(H2,27,28,29,30)/t12-,22?/m1/s1. The molecule has 0 bridgehead atoms. The second-order valence-corrected chi connectivity index (χ2v) is 10.2. The van der Waals surface area contributed by atoms with Crippen LogP contribution in [0.15, 0.2) is 23.1 Å². The Balaban J connectivity index is 1.74. The van der Waals surface area contributed by atoms with Gasteiger partial charge in [-0.25, -0.2) is 31.6 Å². The number of ether oxygens (including phenoxy) is 1. The number of methoxy groups -OCH3 is 1. The van der Waals surface area contributed by atoms with E-state index in [9.17, 15) is 21.6 Å². The Hall–Kier alpha value is -2.74. The van der Waals surface area contributed by atoms with Gasteiger partial charge >= 0.3 is 0 Å². The molecule has 190 valence electrons. The van der Waals surface area contributed by atoms with Crippen LogP contribution >= 0.6 is 0 Å². The van der Waals surface area contributed by atoms with E-state index in [0.29, 0.717) is 43.4 Å². The number of halogens is 3. The molecule has 9 nitrogen and oxygen atoms in total. The minimum Gasteiger partial charge on any atom is -0.363 e. The first kappa shape index (κ1) is 25.4. The van der Waals surface area contributed by atoms with E-state index in [1.807, 2.05) is 0 Å². The zero-order chi connectivity index (χ0) is 25.3. The number of benzene rings is 1. The van der Waals surface area contributed by atoms with Crippen molar-refractivity contribution in [2.45, 2.75) is 32.5 Å². The highest BCUT2D eigenvalue weighted by atomic mass is 32.2. The molecule has 1 unspecified atom stereocenters. The molecule has 0 spiro atoms. The van der Waals surface area contributed by atoms with Gasteiger partial charge < -0.3 is 20.7 Å². The second kappa shape index (κ2) is 10.1. The van der Waals surface area contributed by atoms with Crippen molar-refractivity contribution in [3.63, 3.8) is 0 Å². The van der Waals surface area contributed by atoms with Crippen molar-refractivity contribution < 1.29 is 26.3 Å². The van der Waals surface area contributed by atoms with Crippen LogP contribution in [0.25, 0.3) is 6.08 Å². The number of aryl methyl sites for hydroxylation is 1. The number of hydrogen-bond donors (Lipinski definition) is 3. The average molecular weight is 513 g/mol. The molecule has 2 aliphatic rings. The fraction of sp³-hybridized carbons (Fsp3) is 0.455. The van der Waals surface area contributed by atoms with Crippen LogP contribution in [-0.4, -0.2) is 62.2 Å². The van der Waals surface area contributed by atoms with Gasteiger partial charge in [0.1, 0.15) is 28.2 Å². The summed E-state index contributed by atoms with van der Waals surface area (Å²) in [6.45, 7) is 4.95. The van der Waals surface area contributed by atoms with Gasteiger partial charge in [0.25, 0.3) is 6.43 Å². The van der Waals surface area contributed by atoms with E-state index in [1.54, 1.807) is 13.8 Å². The predicted octanol–water partition coefficient (Wildman–Crippen LogP) is 3.01. The molecule has 1 fully saturated rings. The number of rotatable bonds is 7. The van der Waals surface area contributed by atoms with Crippen molar-refractivity contribution in [1.82, 2.24) is 19.6 Å². The smallest absolute Gasteiger partial charge is 0.266 e. The summed E-state index contributed by atoms with van der Waals surface area (Å²) in [5.41, 5.74) is -0.315. The number of aromatic nitrogens is 2. The predicted molar refractivity (Wildman–Crippen MR) is 126 cm³/mol. The van der Waals surface area contributed by atoms with E-state index in [4.69, 9.17) is 4.74 Å². The molecule has 1 saturated heterocycles. The molecule has 3 N–H and O–H groups in total. The van der Waals surface area contributed by atoms with Crippen molar-refractivity contribution in [2.24, 2.45) is 0 Å². The number of anilines is 2. The molecule has 0 radical (unpaired) electrons. The Morgan fingerprint density at radius 2 is 1.89 bits per heavy atom. The fourth-order valence-corrected chi connectivity index (χ4v) is 5.78. The first-order valence-corrected chi connectivity index (χ1v) is 12.5. The lowest BCUT2D eigenvalue weighted by atomic mass is 10.0. The van der Waals surface area contributed by atoms with E-state index in [1.165, 1.54) is 29.6 Å². The first-order chi connectivity index (χ1) is 16.6. The Morgan fingerprint density at radius 1 is 1.20 bits per heavy atom. The summed E-state index contributed by atoms with van der Waals surface area (Å²) in [6, 6.07) is 3.06.